The molecule has 0 aliphatic heterocycles. The number of hydrogen-bond acceptors (Lipinski definition) is 7. The van der Waals surface area contributed by atoms with Crippen LogP contribution in [0.1, 0.15) is 95.3 Å². The number of aryl methyl sites for hydroxylation is 2. The highest BCUT2D eigenvalue weighted by molar-refractivity contribution is 7.09. The zero-order valence-corrected chi connectivity index (χ0v) is 26.0. The van der Waals surface area contributed by atoms with E-state index in [0.29, 0.717) is 17.8 Å². The number of hydrogen-bond donors (Lipinski definition) is 1. The molecule has 3 rings (SSSR count). The molecule has 0 amide bonds. The number of aromatic nitrogens is 3. The Labute approximate surface area is 232 Å². The number of aliphatic hydroxyl groups excluding tert-OH is 1. The molecule has 3 aromatic rings. The fourth-order valence-electron chi connectivity index (χ4n) is 2.56. The largest absolute Gasteiger partial charge is 0.449 e. The first-order valence-electron chi connectivity index (χ1n) is 12.8. The van der Waals surface area contributed by atoms with E-state index in [-0.39, 0.29) is 6.61 Å². The predicted octanol–water partition coefficient (Wildman–Crippen LogP) is 9.25. The fraction of sp³-hybridized carbons (Fsp3) is 0.500. The molecule has 0 aliphatic rings. The molecule has 3 heterocycles. The molecular weight excluding hydrogens is 498 g/mol. The molecule has 1 N–H and O–H groups in total. The van der Waals surface area contributed by atoms with Crippen LogP contribution in [0.2, 0.25) is 0 Å². The Balaban J connectivity index is 0.000000278. The van der Waals surface area contributed by atoms with E-state index in [2.05, 4.69) is 101 Å². The van der Waals surface area contributed by atoms with Crippen molar-refractivity contribution in [1.82, 2.24) is 15.0 Å². The summed E-state index contributed by atoms with van der Waals surface area (Å²) in [5.41, 5.74) is 7.00. The molecule has 0 atom stereocenters. The third-order valence-corrected chi connectivity index (χ3v) is 7.48. The van der Waals surface area contributed by atoms with Gasteiger partial charge in [-0.15, -0.1) is 22.7 Å². The molecule has 0 aliphatic carbocycles. The standard InChI is InChI=1S/C10H15NOS.C10H15NO.C10H15NS/c1-7(2)8(3)4-9-6-13-10(5-12)11-9;2*1-7(2)8(3)5-10-6-12-9(4)11-10/h4,6-7,12H,5H2,1-3H3;2*5-7H,1-4H3/b8-4+;2*8-5+. The van der Waals surface area contributed by atoms with Crippen molar-refractivity contribution in [3.05, 3.63) is 66.7 Å². The van der Waals surface area contributed by atoms with Crippen molar-refractivity contribution in [2.75, 3.05) is 0 Å². The lowest BCUT2D eigenvalue weighted by Crippen LogP contribution is -1.88. The van der Waals surface area contributed by atoms with Crippen molar-refractivity contribution in [3.63, 3.8) is 0 Å². The van der Waals surface area contributed by atoms with Crippen LogP contribution in [0.3, 0.4) is 0 Å². The van der Waals surface area contributed by atoms with Crippen molar-refractivity contribution in [1.29, 1.82) is 0 Å². The second-order valence-corrected chi connectivity index (χ2v) is 12.0. The van der Waals surface area contributed by atoms with Crippen molar-refractivity contribution in [2.45, 2.75) is 82.8 Å². The Kier molecular flexibility index (Phi) is 14.6. The van der Waals surface area contributed by atoms with Gasteiger partial charge in [-0.1, -0.05) is 58.3 Å². The molecule has 0 bridgehead atoms. The Hall–Kier alpha value is -2.35. The summed E-state index contributed by atoms with van der Waals surface area (Å²) >= 11 is 3.20. The minimum absolute atomic E-state index is 0.0409. The van der Waals surface area contributed by atoms with Crippen LogP contribution >= 0.6 is 22.7 Å². The van der Waals surface area contributed by atoms with E-state index in [1.807, 2.05) is 19.2 Å². The quantitative estimate of drug-likeness (QED) is 0.321. The first kappa shape index (κ1) is 32.7. The number of aliphatic hydroxyl groups is 1. The predicted molar refractivity (Wildman–Crippen MR) is 162 cm³/mol. The van der Waals surface area contributed by atoms with Crippen molar-refractivity contribution in [2.24, 2.45) is 17.8 Å². The topological polar surface area (TPSA) is 72.0 Å². The van der Waals surface area contributed by atoms with E-state index in [1.54, 1.807) is 17.6 Å². The first-order valence-corrected chi connectivity index (χ1v) is 14.5. The van der Waals surface area contributed by atoms with Gasteiger partial charge in [0.2, 0.25) is 0 Å². The van der Waals surface area contributed by atoms with E-state index in [4.69, 9.17) is 9.52 Å². The summed E-state index contributed by atoms with van der Waals surface area (Å²) in [6, 6.07) is 0. The van der Waals surface area contributed by atoms with Gasteiger partial charge < -0.3 is 9.52 Å². The molecule has 0 fully saturated rings. The number of oxazole rings is 1. The van der Waals surface area contributed by atoms with E-state index in [9.17, 15) is 0 Å². The number of rotatable bonds is 7. The van der Waals surface area contributed by atoms with Crippen LogP contribution in [-0.4, -0.2) is 20.1 Å². The van der Waals surface area contributed by atoms with Crippen LogP contribution < -0.4 is 0 Å². The lowest BCUT2D eigenvalue weighted by Gasteiger charge is -2.02. The number of thiazole rings is 2. The molecular formula is C30H45N3O2S2. The van der Waals surface area contributed by atoms with Gasteiger partial charge in [0.1, 0.15) is 17.0 Å². The summed E-state index contributed by atoms with van der Waals surface area (Å²) in [5, 5.41) is 14.8. The van der Waals surface area contributed by atoms with E-state index in [0.717, 1.165) is 33.0 Å². The van der Waals surface area contributed by atoms with E-state index in [1.165, 1.54) is 28.1 Å². The molecule has 0 saturated carbocycles. The first-order chi connectivity index (χ1) is 17.3. The van der Waals surface area contributed by atoms with Gasteiger partial charge in [0, 0.05) is 17.7 Å². The SMILES string of the molecule is C/C(=C\c1coc(C)n1)C(C)C.C/C(=C\c1csc(C)n1)C(C)C.C/C(=C\c1csc(CO)n1)C(C)C. The summed E-state index contributed by atoms with van der Waals surface area (Å²) in [6.45, 7) is 23.3. The molecule has 0 unspecified atom stereocenters. The molecule has 0 saturated heterocycles. The normalized spacial score (nSPS) is 12.6. The zero-order chi connectivity index (χ0) is 28.1. The van der Waals surface area contributed by atoms with Gasteiger partial charge in [0.05, 0.1) is 23.0 Å². The van der Waals surface area contributed by atoms with Gasteiger partial charge in [-0.3, -0.25) is 0 Å². The Bertz CT molecular complexity index is 1100. The third-order valence-electron chi connectivity index (χ3n) is 5.84. The van der Waals surface area contributed by atoms with Gasteiger partial charge in [-0.25, -0.2) is 15.0 Å². The molecule has 0 radical (unpaired) electrons. The number of allylic oxidation sites excluding steroid dienone is 3. The maximum atomic E-state index is 8.82. The maximum Gasteiger partial charge on any atom is 0.191 e. The molecule has 5 nitrogen and oxygen atoms in total. The fourth-order valence-corrected chi connectivity index (χ4v) is 3.74. The molecule has 0 spiro atoms. The summed E-state index contributed by atoms with van der Waals surface area (Å²) in [4.78, 5) is 12.8. The smallest absolute Gasteiger partial charge is 0.191 e. The second-order valence-electron chi connectivity index (χ2n) is 10.0. The molecule has 204 valence electrons. The Morgan fingerprint density at radius 1 is 0.757 bits per heavy atom. The summed E-state index contributed by atoms with van der Waals surface area (Å²) < 4.78 is 5.09. The van der Waals surface area contributed by atoms with E-state index < -0.39 is 0 Å². The minimum Gasteiger partial charge on any atom is -0.449 e. The van der Waals surface area contributed by atoms with Crippen LogP contribution in [0.15, 0.2) is 38.2 Å². The lowest BCUT2D eigenvalue weighted by molar-refractivity contribution is 0.281. The van der Waals surface area contributed by atoms with Gasteiger partial charge in [-0.2, -0.15) is 0 Å². The van der Waals surface area contributed by atoms with Crippen molar-refractivity contribution < 1.29 is 9.52 Å². The molecule has 37 heavy (non-hydrogen) atoms. The number of nitrogens with zero attached hydrogens (tertiary/aromatic N) is 3. The summed E-state index contributed by atoms with van der Waals surface area (Å²) in [7, 11) is 0. The Morgan fingerprint density at radius 3 is 1.57 bits per heavy atom. The zero-order valence-electron chi connectivity index (χ0n) is 24.4. The highest BCUT2D eigenvalue weighted by atomic mass is 32.1. The van der Waals surface area contributed by atoms with Gasteiger partial charge in [0.25, 0.3) is 0 Å². The maximum absolute atomic E-state index is 8.82. The van der Waals surface area contributed by atoms with E-state index >= 15 is 0 Å². The van der Waals surface area contributed by atoms with Crippen LogP contribution in [0.25, 0.3) is 18.2 Å². The van der Waals surface area contributed by atoms with Gasteiger partial charge in [0.15, 0.2) is 5.89 Å². The summed E-state index contributed by atoms with van der Waals surface area (Å²) in [6.07, 6.45) is 7.97. The average Bonchev–Trinajstić information content (AvgIpc) is 3.56. The molecule has 3 aromatic heterocycles. The van der Waals surface area contributed by atoms with Crippen LogP contribution in [0.5, 0.6) is 0 Å². The van der Waals surface area contributed by atoms with Gasteiger partial charge >= 0.3 is 0 Å². The third kappa shape index (κ3) is 13.1. The van der Waals surface area contributed by atoms with Crippen LogP contribution in [0, 0.1) is 31.6 Å². The highest BCUT2D eigenvalue weighted by Gasteiger charge is 2.02. The highest BCUT2D eigenvalue weighted by Crippen LogP contribution is 2.17. The Morgan fingerprint density at radius 2 is 1.22 bits per heavy atom. The summed E-state index contributed by atoms with van der Waals surface area (Å²) in [5.74, 6) is 2.46. The van der Waals surface area contributed by atoms with Gasteiger partial charge in [-0.05, 0) is 63.7 Å². The van der Waals surface area contributed by atoms with Crippen LogP contribution in [0.4, 0.5) is 0 Å². The monoisotopic (exact) mass is 543 g/mol. The van der Waals surface area contributed by atoms with Crippen molar-refractivity contribution in [3.8, 4) is 0 Å². The molecule has 7 heteroatoms. The molecule has 0 aromatic carbocycles. The van der Waals surface area contributed by atoms with Crippen LogP contribution in [-0.2, 0) is 6.61 Å². The second kappa shape index (κ2) is 16.5. The lowest BCUT2D eigenvalue weighted by atomic mass is 10.0. The average molecular weight is 544 g/mol. The van der Waals surface area contributed by atoms with Crippen molar-refractivity contribution >= 4 is 40.9 Å². The minimum atomic E-state index is 0.0409.